The second-order valence-corrected chi connectivity index (χ2v) is 6.59. The maximum Gasteiger partial charge on any atom is 0.0928 e. The quantitative estimate of drug-likeness (QED) is 0.621. The summed E-state index contributed by atoms with van der Waals surface area (Å²) in [5.41, 5.74) is 0.996. The molecule has 1 N–H and O–H groups in total. The first-order chi connectivity index (χ1) is 9.24. The molecule has 19 heavy (non-hydrogen) atoms. The summed E-state index contributed by atoms with van der Waals surface area (Å²) in [6, 6.07) is 0.378. The number of rotatable bonds is 7. The third-order valence-electron chi connectivity index (χ3n) is 4.01. The third-order valence-corrected chi connectivity index (χ3v) is 5.24. The van der Waals surface area contributed by atoms with Gasteiger partial charge in [-0.05, 0) is 44.7 Å². The molecule has 1 aromatic rings. The molecule has 0 saturated carbocycles. The molecule has 2 atom stereocenters. The van der Waals surface area contributed by atoms with E-state index in [4.69, 9.17) is 11.6 Å². The Balaban J connectivity index is 1.66. The molecule has 1 aliphatic rings. The number of aromatic nitrogens is 1. The van der Waals surface area contributed by atoms with Crippen LogP contribution in [-0.4, -0.2) is 40.7 Å². The molecular weight excluding hydrogens is 280 g/mol. The first-order valence-electron chi connectivity index (χ1n) is 7.08. The number of nitrogens with zero attached hydrogens (tertiary/aromatic N) is 2. The van der Waals surface area contributed by atoms with E-state index >= 15 is 0 Å². The van der Waals surface area contributed by atoms with Crippen molar-refractivity contribution in [2.75, 3.05) is 19.7 Å². The molecule has 0 radical (unpaired) electrons. The Kier molecular flexibility index (Phi) is 6.07. The summed E-state index contributed by atoms with van der Waals surface area (Å²) >= 11 is 7.46. The molecule has 2 rings (SSSR count). The monoisotopic (exact) mass is 302 g/mol. The van der Waals surface area contributed by atoms with E-state index < -0.39 is 0 Å². The summed E-state index contributed by atoms with van der Waals surface area (Å²) < 4.78 is 0. The van der Waals surface area contributed by atoms with Gasteiger partial charge >= 0.3 is 0 Å². The minimum Gasteiger partial charge on any atom is -0.395 e. The first-order valence-corrected chi connectivity index (χ1v) is 8.50. The summed E-state index contributed by atoms with van der Waals surface area (Å²) in [6.07, 6.45) is 4.61. The summed E-state index contributed by atoms with van der Waals surface area (Å²) in [5.74, 6) is 1.15. The zero-order valence-corrected chi connectivity index (χ0v) is 13.1. The smallest absolute Gasteiger partial charge is 0.0928 e. The van der Waals surface area contributed by atoms with Crippen LogP contribution in [0.5, 0.6) is 0 Å². The Morgan fingerprint density at radius 2 is 2.37 bits per heavy atom. The van der Waals surface area contributed by atoms with Gasteiger partial charge in [0.15, 0.2) is 0 Å². The molecule has 108 valence electrons. The van der Waals surface area contributed by atoms with Crippen LogP contribution >= 0.6 is 22.9 Å². The standard InChI is InChI=1S/C14H23ClN2OS/c1-11-5-7-17(13(11)9-18)6-3-2-4-14-16-12(8-15)10-19-14/h10-11,13,18H,2-9H2,1H3. The van der Waals surface area contributed by atoms with Crippen LogP contribution < -0.4 is 0 Å². The molecule has 1 aromatic heterocycles. The Labute approximate surface area is 124 Å². The molecule has 2 unspecified atom stereocenters. The molecule has 1 fully saturated rings. The number of aliphatic hydroxyl groups is 1. The van der Waals surface area contributed by atoms with Crippen molar-refractivity contribution in [1.29, 1.82) is 0 Å². The van der Waals surface area contributed by atoms with Crippen LogP contribution in [0.4, 0.5) is 0 Å². The van der Waals surface area contributed by atoms with Crippen LogP contribution in [-0.2, 0) is 12.3 Å². The van der Waals surface area contributed by atoms with Crippen molar-refractivity contribution in [1.82, 2.24) is 9.88 Å². The molecule has 1 saturated heterocycles. The lowest BCUT2D eigenvalue weighted by molar-refractivity contribution is 0.138. The lowest BCUT2D eigenvalue weighted by Crippen LogP contribution is -2.35. The number of hydrogen-bond acceptors (Lipinski definition) is 4. The number of likely N-dealkylation sites (tertiary alicyclic amines) is 1. The molecule has 3 nitrogen and oxygen atoms in total. The van der Waals surface area contributed by atoms with Gasteiger partial charge in [0.25, 0.3) is 0 Å². The topological polar surface area (TPSA) is 36.4 Å². The molecule has 1 aliphatic heterocycles. The normalized spacial score (nSPS) is 24.2. The van der Waals surface area contributed by atoms with E-state index in [1.165, 1.54) is 17.8 Å². The van der Waals surface area contributed by atoms with E-state index in [0.717, 1.165) is 31.6 Å². The van der Waals surface area contributed by atoms with Crippen molar-refractivity contribution in [3.05, 3.63) is 16.1 Å². The average molecular weight is 303 g/mol. The first kappa shape index (κ1) is 15.2. The fraction of sp³-hybridized carbons (Fsp3) is 0.786. The number of thiazole rings is 1. The van der Waals surface area contributed by atoms with Gasteiger partial charge in [-0.3, -0.25) is 4.90 Å². The highest BCUT2D eigenvalue weighted by molar-refractivity contribution is 7.09. The van der Waals surface area contributed by atoms with E-state index in [0.29, 0.717) is 24.4 Å². The van der Waals surface area contributed by atoms with Gasteiger partial charge in [-0.15, -0.1) is 22.9 Å². The van der Waals surface area contributed by atoms with Gasteiger partial charge in [-0.25, -0.2) is 4.98 Å². The predicted molar refractivity (Wildman–Crippen MR) is 80.8 cm³/mol. The van der Waals surface area contributed by atoms with Gasteiger partial charge in [-0.1, -0.05) is 6.92 Å². The van der Waals surface area contributed by atoms with Crippen LogP contribution in [0.1, 0.15) is 36.9 Å². The minimum absolute atomic E-state index is 0.298. The van der Waals surface area contributed by atoms with Gasteiger partial charge in [0, 0.05) is 11.4 Å². The van der Waals surface area contributed by atoms with Crippen molar-refractivity contribution in [3.63, 3.8) is 0 Å². The lowest BCUT2D eigenvalue weighted by atomic mass is 10.0. The highest BCUT2D eigenvalue weighted by Gasteiger charge is 2.29. The van der Waals surface area contributed by atoms with Gasteiger partial charge < -0.3 is 5.11 Å². The number of aliphatic hydroxyl groups excluding tert-OH is 1. The van der Waals surface area contributed by atoms with Crippen LogP contribution in [0, 0.1) is 5.92 Å². The largest absolute Gasteiger partial charge is 0.395 e. The molecule has 0 aliphatic carbocycles. The second kappa shape index (κ2) is 7.58. The van der Waals surface area contributed by atoms with E-state index in [2.05, 4.69) is 16.8 Å². The van der Waals surface area contributed by atoms with E-state index in [9.17, 15) is 5.11 Å². The highest BCUT2D eigenvalue weighted by Crippen LogP contribution is 2.24. The van der Waals surface area contributed by atoms with Gasteiger partial charge in [0.2, 0.25) is 0 Å². The fourth-order valence-corrected chi connectivity index (χ4v) is 3.85. The third kappa shape index (κ3) is 4.15. The van der Waals surface area contributed by atoms with Crippen LogP contribution in [0.2, 0.25) is 0 Å². The van der Waals surface area contributed by atoms with E-state index in [1.54, 1.807) is 11.3 Å². The molecule has 0 aromatic carbocycles. The Hall–Kier alpha value is -0.160. The molecule has 5 heteroatoms. The predicted octanol–water partition coefficient (Wildman–Crippen LogP) is 2.91. The van der Waals surface area contributed by atoms with Crippen molar-refractivity contribution >= 4 is 22.9 Å². The maximum absolute atomic E-state index is 9.41. The van der Waals surface area contributed by atoms with Crippen molar-refractivity contribution in [3.8, 4) is 0 Å². The number of halogens is 1. The van der Waals surface area contributed by atoms with Gasteiger partial charge in [-0.2, -0.15) is 0 Å². The van der Waals surface area contributed by atoms with Crippen molar-refractivity contribution < 1.29 is 5.11 Å². The number of aryl methyl sites for hydroxylation is 1. The average Bonchev–Trinajstić information content (AvgIpc) is 3.01. The van der Waals surface area contributed by atoms with Crippen molar-refractivity contribution in [2.45, 2.75) is 44.5 Å². The van der Waals surface area contributed by atoms with Crippen LogP contribution in [0.25, 0.3) is 0 Å². The summed E-state index contributed by atoms with van der Waals surface area (Å²) in [7, 11) is 0. The SMILES string of the molecule is CC1CCN(CCCCc2nc(CCl)cs2)C1CO. The Morgan fingerprint density at radius 3 is 3.05 bits per heavy atom. The Morgan fingerprint density at radius 1 is 1.53 bits per heavy atom. The summed E-state index contributed by atoms with van der Waals surface area (Å²) in [6.45, 7) is 4.78. The van der Waals surface area contributed by atoms with Gasteiger partial charge in [0.1, 0.15) is 0 Å². The molecule has 2 heterocycles. The molecule has 0 bridgehead atoms. The highest BCUT2D eigenvalue weighted by atomic mass is 35.5. The molecular formula is C14H23ClN2OS. The lowest BCUT2D eigenvalue weighted by Gasteiger charge is -2.24. The molecule has 0 amide bonds. The van der Waals surface area contributed by atoms with E-state index in [-0.39, 0.29) is 0 Å². The second-order valence-electron chi connectivity index (χ2n) is 5.38. The zero-order valence-electron chi connectivity index (χ0n) is 11.5. The zero-order chi connectivity index (χ0) is 13.7. The maximum atomic E-state index is 9.41. The van der Waals surface area contributed by atoms with E-state index in [1.807, 2.05) is 5.38 Å². The fourth-order valence-electron chi connectivity index (χ4n) is 2.78. The number of alkyl halides is 1. The summed E-state index contributed by atoms with van der Waals surface area (Å²) in [5, 5.41) is 12.7. The minimum atomic E-state index is 0.298. The molecule has 0 spiro atoms. The number of hydrogen-bond donors (Lipinski definition) is 1. The number of unbranched alkanes of at least 4 members (excludes halogenated alkanes) is 1. The van der Waals surface area contributed by atoms with Crippen LogP contribution in [0.15, 0.2) is 5.38 Å². The Bertz CT molecular complexity index is 385. The van der Waals surface area contributed by atoms with Crippen LogP contribution in [0.3, 0.4) is 0 Å². The van der Waals surface area contributed by atoms with Crippen molar-refractivity contribution in [2.24, 2.45) is 5.92 Å². The summed E-state index contributed by atoms with van der Waals surface area (Å²) in [4.78, 5) is 6.92. The van der Waals surface area contributed by atoms with Gasteiger partial charge in [0.05, 0.1) is 23.2 Å².